The van der Waals surface area contributed by atoms with Crippen LogP contribution in [-0.4, -0.2) is 13.1 Å². The zero-order valence-electron chi connectivity index (χ0n) is 9.20. The molecule has 0 aliphatic carbocycles. The summed E-state index contributed by atoms with van der Waals surface area (Å²) in [5.41, 5.74) is 2.30. The molecule has 1 aliphatic rings. The molecule has 1 aliphatic heterocycles. The Hall–Kier alpha value is -1.82. The van der Waals surface area contributed by atoms with E-state index in [1.807, 2.05) is 11.0 Å². The van der Waals surface area contributed by atoms with Crippen LogP contribution in [0, 0.1) is 17.1 Å². The van der Waals surface area contributed by atoms with Gasteiger partial charge in [-0.15, -0.1) is 0 Å². The lowest BCUT2D eigenvalue weighted by Gasteiger charge is -2.27. The van der Waals surface area contributed by atoms with E-state index in [2.05, 4.69) is 13.0 Å². The van der Waals surface area contributed by atoms with Crippen LogP contribution in [0.5, 0.6) is 0 Å². The lowest BCUT2D eigenvalue weighted by Crippen LogP contribution is -2.28. The van der Waals surface area contributed by atoms with Crippen LogP contribution in [0.4, 0.5) is 10.1 Å². The molecule has 2 nitrogen and oxygen atoms in total. The molecular formula is C13H13FN2. The smallest absolute Gasteiger partial charge is 0.147 e. The van der Waals surface area contributed by atoms with Gasteiger partial charge >= 0.3 is 0 Å². The second-order valence-electron chi connectivity index (χ2n) is 4.02. The van der Waals surface area contributed by atoms with E-state index in [-0.39, 0.29) is 5.82 Å². The van der Waals surface area contributed by atoms with Crippen molar-refractivity contribution in [2.24, 2.45) is 0 Å². The van der Waals surface area contributed by atoms with Crippen molar-refractivity contribution in [1.82, 2.24) is 0 Å². The van der Waals surface area contributed by atoms with Crippen LogP contribution in [0.3, 0.4) is 0 Å². The van der Waals surface area contributed by atoms with E-state index in [4.69, 9.17) is 5.26 Å². The highest BCUT2D eigenvalue weighted by Gasteiger charge is 2.14. The molecule has 0 aromatic heterocycles. The molecule has 0 fully saturated rings. The Morgan fingerprint density at radius 3 is 2.81 bits per heavy atom. The second kappa shape index (κ2) is 4.36. The van der Waals surface area contributed by atoms with Crippen LogP contribution in [-0.2, 0) is 0 Å². The first kappa shape index (κ1) is 10.7. The summed E-state index contributed by atoms with van der Waals surface area (Å²) in [5.74, 6) is -0.313. The van der Waals surface area contributed by atoms with Crippen LogP contribution < -0.4 is 4.90 Å². The molecule has 0 amide bonds. The number of hydrogen-bond acceptors (Lipinski definition) is 2. The number of nitrogens with zero attached hydrogens (tertiary/aromatic N) is 2. The van der Waals surface area contributed by atoms with Gasteiger partial charge in [0, 0.05) is 13.1 Å². The van der Waals surface area contributed by atoms with E-state index in [1.165, 1.54) is 11.6 Å². The van der Waals surface area contributed by atoms with Gasteiger partial charge in [-0.25, -0.2) is 4.39 Å². The Morgan fingerprint density at radius 1 is 1.44 bits per heavy atom. The molecule has 0 atom stereocenters. The number of nitriles is 1. The average molecular weight is 216 g/mol. The van der Waals surface area contributed by atoms with Crippen LogP contribution in [0.2, 0.25) is 0 Å². The number of benzene rings is 1. The standard InChI is InChI=1S/C13H13FN2/c1-10-4-6-16(7-5-10)13-3-2-11(9-15)8-12(13)14/h2-4,8H,5-7H2,1H3. The molecule has 1 aromatic rings. The zero-order valence-corrected chi connectivity index (χ0v) is 9.20. The molecule has 2 rings (SSSR count). The highest BCUT2D eigenvalue weighted by molar-refractivity contribution is 5.52. The molecule has 3 heteroatoms. The van der Waals surface area contributed by atoms with E-state index < -0.39 is 0 Å². The van der Waals surface area contributed by atoms with Crippen molar-refractivity contribution < 1.29 is 4.39 Å². The maximum Gasteiger partial charge on any atom is 0.147 e. The molecule has 0 spiro atoms. The van der Waals surface area contributed by atoms with Crippen molar-refractivity contribution in [3.05, 3.63) is 41.2 Å². The Labute approximate surface area is 94.6 Å². The van der Waals surface area contributed by atoms with Crippen LogP contribution in [0.15, 0.2) is 29.8 Å². The maximum absolute atomic E-state index is 13.7. The van der Waals surface area contributed by atoms with E-state index in [1.54, 1.807) is 12.1 Å². The minimum Gasteiger partial charge on any atom is -0.365 e. The highest BCUT2D eigenvalue weighted by atomic mass is 19.1. The molecule has 0 N–H and O–H groups in total. The Morgan fingerprint density at radius 2 is 2.25 bits per heavy atom. The summed E-state index contributed by atoms with van der Waals surface area (Å²) in [4.78, 5) is 1.99. The van der Waals surface area contributed by atoms with E-state index in [0.717, 1.165) is 19.5 Å². The molecule has 82 valence electrons. The molecule has 1 aromatic carbocycles. The topological polar surface area (TPSA) is 27.0 Å². The predicted molar refractivity (Wildman–Crippen MR) is 61.7 cm³/mol. The van der Waals surface area contributed by atoms with Gasteiger partial charge in [0.05, 0.1) is 17.3 Å². The first-order chi connectivity index (χ1) is 7.70. The highest BCUT2D eigenvalue weighted by Crippen LogP contribution is 2.23. The minimum atomic E-state index is -0.313. The van der Waals surface area contributed by atoms with E-state index in [9.17, 15) is 4.39 Å². The Kier molecular flexibility index (Phi) is 2.91. The average Bonchev–Trinajstić information content (AvgIpc) is 2.30. The van der Waals surface area contributed by atoms with Gasteiger partial charge in [-0.2, -0.15) is 5.26 Å². The molecular weight excluding hydrogens is 203 g/mol. The maximum atomic E-state index is 13.7. The first-order valence-corrected chi connectivity index (χ1v) is 5.31. The summed E-state index contributed by atoms with van der Waals surface area (Å²) in [6, 6.07) is 6.57. The number of hydrogen-bond donors (Lipinski definition) is 0. The minimum absolute atomic E-state index is 0.313. The zero-order chi connectivity index (χ0) is 11.5. The summed E-state index contributed by atoms with van der Waals surface area (Å²) < 4.78 is 13.7. The number of anilines is 1. The van der Waals surface area contributed by atoms with Crippen LogP contribution in [0.1, 0.15) is 18.9 Å². The monoisotopic (exact) mass is 216 g/mol. The molecule has 0 saturated heterocycles. The van der Waals surface area contributed by atoms with Gasteiger partial charge in [0.1, 0.15) is 5.82 Å². The van der Waals surface area contributed by atoms with Gasteiger partial charge in [-0.3, -0.25) is 0 Å². The van der Waals surface area contributed by atoms with Crippen molar-refractivity contribution >= 4 is 5.69 Å². The molecule has 0 unspecified atom stereocenters. The molecule has 0 radical (unpaired) electrons. The van der Waals surface area contributed by atoms with Gasteiger partial charge in [-0.1, -0.05) is 11.6 Å². The van der Waals surface area contributed by atoms with Crippen molar-refractivity contribution in [3.8, 4) is 6.07 Å². The Bertz CT molecular complexity index is 471. The van der Waals surface area contributed by atoms with Crippen LogP contribution >= 0.6 is 0 Å². The van der Waals surface area contributed by atoms with Gasteiger partial charge < -0.3 is 4.90 Å². The third-order valence-corrected chi connectivity index (χ3v) is 2.85. The summed E-state index contributed by atoms with van der Waals surface area (Å²) >= 11 is 0. The third-order valence-electron chi connectivity index (χ3n) is 2.85. The van der Waals surface area contributed by atoms with Crippen molar-refractivity contribution in [1.29, 1.82) is 5.26 Å². The molecule has 0 bridgehead atoms. The molecule has 16 heavy (non-hydrogen) atoms. The van der Waals surface area contributed by atoms with Gasteiger partial charge in [-0.05, 0) is 31.5 Å². The molecule has 1 heterocycles. The van der Waals surface area contributed by atoms with Crippen molar-refractivity contribution in [3.63, 3.8) is 0 Å². The van der Waals surface area contributed by atoms with Crippen LogP contribution in [0.25, 0.3) is 0 Å². The first-order valence-electron chi connectivity index (χ1n) is 5.31. The molecule has 0 saturated carbocycles. The quantitative estimate of drug-likeness (QED) is 0.675. The SMILES string of the molecule is CC1=CCN(c2ccc(C#N)cc2F)CC1. The lowest BCUT2D eigenvalue weighted by molar-refractivity contribution is 0.617. The third kappa shape index (κ3) is 2.06. The normalized spacial score (nSPS) is 15.6. The lowest BCUT2D eigenvalue weighted by atomic mass is 10.1. The fraction of sp³-hybridized carbons (Fsp3) is 0.308. The summed E-state index contributed by atoms with van der Waals surface area (Å²) in [5, 5.41) is 8.66. The van der Waals surface area contributed by atoms with Gasteiger partial charge in [0.25, 0.3) is 0 Å². The van der Waals surface area contributed by atoms with Crippen molar-refractivity contribution in [2.45, 2.75) is 13.3 Å². The fourth-order valence-electron chi connectivity index (χ4n) is 1.82. The summed E-state index contributed by atoms with van der Waals surface area (Å²) in [7, 11) is 0. The second-order valence-corrected chi connectivity index (χ2v) is 4.02. The van der Waals surface area contributed by atoms with E-state index >= 15 is 0 Å². The number of halogens is 1. The fourth-order valence-corrected chi connectivity index (χ4v) is 1.82. The summed E-state index contributed by atoms with van der Waals surface area (Å²) in [6.07, 6.45) is 3.08. The van der Waals surface area contributed by atoms with Gasteiger partial charge in [0.15, 0.2) is 0 Å². The van der Waals surface area contributed by atoms with Crippen molar-refractivity contribution in [2.75, 3.05) is 18.0 Å². The van der Waals surface area contributed by atoms with E-state index in [0.29, 0.717) is 11.3 Å². The van der Waals surface area contributed by atoms with Gasteiger partial charge in [0.2, 0.25) is 0 Å². The summed E-state index contributed by atoms with van der Waals surface area (Å²) in [6.45, 7) is 3.67. The predicted octanol–water partition coefficient (Wildman–Crippen LogP) is 2.85. The largest absolute Gasteiger partial charge is 0.365 e. The Balaban J connectivity index is 2.25. The number of rotatable bonds is 1.